The van der Waals surface area contributed by atoms with Crippen LogP contribution in [0.2, 0.25) is 10.0 Å². The van der Waals surface area contributed by atoms with E-state index in [1.807, 2.05) is 12.1 Å². The monoisotopic (exact) mass is 395 g/mol. The molecule has 25 heavy (non-hydrogen) atoms. The zero-order chi connectivity index (χ0) is 18.0. The number of hydrogen-bond donors (Lipinski definition) is 0. The molecule has 0 aromatic heterocycles. The van der Waals surface area contributed by atoms with E-state index in [1.54, 1.807) is 36.4 Å². The maximum absolute atomic E-state index is 13.2. The molecular formula is C18H15Cl2NO3S. The lowest BCUT2D eigenvalue weighted by atomic mass is 10.1. The van der Waals surface area contributed by atoms with Gasteiger partial charge in [-0.25, -0.2) is 4.79 Å². The van der Waals surface area contributed by atoms with Crippen molar-refractivity contribution in [3.8, 4) is 0 Å². The summed E-state index contributed by atoms with van der Waals surface area (Å²) in [4.78, 5) is 26.9. The smallest absolute Gasteiger partial charge is 0.329 e. The standard InChI is InChI=1S/C18H15Cl2NO3S/c1-24-18(23)15-10-25-17(11-5-4-6-12(19)9-11)21(15)16(22)13-7-2-3-8-14(13)20/h2-9,15,17H,10H2,1H3/t15-,17-/m0/s1. The molecule has 3 rings (SSSR count). The molecule has 0 aliphatic carbocycles. The lowest BCUT2D eigenvalue weighted by molar-refractivity contribution is -0.145. The van der Waals surface area contributed by atoms with Gasteiger partial charge in [-0.1, -0.05) is 47.5 Å². The fourth-order valence-electron chi connectivity index (χ4n) is 2.76. The van der Waals surface area contributed by atoms with Crippen molar-refractivity contribution in [2.45, 2.75) is 11.4 Å². The maximum Gasteiger partial charge on any atom is 0.329 e. The Bertz CT molecular complexity index is 814. The molecule has 7 heteroatoms. The predicted molar refractivity (Wildman–Crippen MR) is 100 cm³/mol. The van der Waals surface area contributed by atoms with E-state index < -0.39 is 12.0 Å². The van der Waals surface area contributed by atoms with E-state index in [0.717, 1.165) is 5.56 Å². The van der Waals surface area contributed by atoms with E-state index in [2.05, 4.69) is 0 Å². The van der Waals surface area contributed by atoms with Gasteiger partial charge in [-0.15, -0.1) is 11.8 Å². The first kappa shape index (κ1) is 18.1. The highest BCUT2D eigenvalue weighted by Crippen LogP contribution is 2.43. The first-order valence-corrected chi connectivity index (χ1v) is 9.35. The number of thioether (sulfide) groups is 1. The zero-order valence-corrected chi connectivity index (χ0v) is 15.6. The Kier molecular flexibility index (Phi) is 5.57. The normalized spacial score (nSPS) is 19.7. The number of esters is 1. The molecule has 2 aromatic rings. The van der Waals surface area contributed by atoms with Crippen molar-refractivity contribution in [1.29, 1.82) is 0 Å². The second-order valence-corrected chi connectivity index (χ2v) is 7.43. The molecule has 1 heterocycles. The minimum absolute atomic E-state index is 0.309. The van der Waals surface area contributed by atoms with Gasteiger partial charge in [-0.2, -0.15) is 0 Å². The molecule has 1 aliphatic heterocycles. The number of carbonyl (C=O) groups is 2. The number of hydrogen-bond acceptors (Lipinski definition) is 4. The number of methoxy groups -OCH3 is 1. The van der Waals surface area contributed by atoms with Crippen LogP contribution >= 0.6 is 35.0 Å². The minimum atomic E-state index is -0.678. The van der Waals surface area contributed by atoms with Crippen LogP contribution in [0.1, 0.15) is 21.3 Å². The molecule has 2 aromatic carbocycles. The van der Waals surface area contributed by atoms with Crippen molar-refractivity contribution in [3.63, 3.8) is 0 Å². The van der Waals surface area contributed by atoms with Gasteiger partial charge < -0.3 is 9.64 Å². The lowest BCUT2D eigenvalue weighted by Crippen LogP contribution is -2.43. The third-order valence-electron chi connectivity index (χ3n) is 3.95. The minimum Gasteiger partial charge on any atom is -0.467 e. The maximum atomic E-state index is 13.2. The number of carbonyl (C=O) groups excluding carboxylic acids is 2. The quantitative estimate of drug-likeness (QED) is 0.721. The second kappa shape index (κ2) is 7.68. The van der Waals surface area contributed by atoms with Crippen molar-refractivity contribution in [2.24, 2.45) is 0 Å². The molecule has 0 spiro atoms. The van der Waals surface area contributed by atoms with Crippen LogP contribution in [0.25, 0.3) is 0 Å². The topological polar surface area (TPSA) is 46.6 Å². The van der Waals surface area contributed by atoms with E-state index >= 15 is 0 Å². The van der Waals surface area contributed by atoms with Crippen molar-refractivity contribution in [1.82, 2.24) is 4.90 Å². The van der Waals surface area contributed by atoms with Crippen LogP contribution in [0.4, 0.5) is 0 Å². The second-order valence-electron chi connectivity index (χ2n) is 5.47. The van der Waals surface area contributed by atoms with Crippen molar-refractivity contribution in [3.05, 3.63) is 69.7 Å². The van der Waals surface area contributed by atoms with Crippen LogP contribution < -0.4 is 0 Å². The van der Waals surface area contributed by atoms with Crippen LogP contribution in [0.3, 0.4) is 0 Å². The van der Waals surface area contributed by atoms with Gasteiger partial charge in [0.25, 0.3) is 5.91 Å². The average Bonchev–Trinajstić information content (AvgIpc) is 3.06. The Labute approximate surface area is 160 Å². The first-order chi connectivity index (χ1) is 12.0. The Hall–Kier alpha value is -1.69. The van der Waals surface area contributed by atoms with E-state index in [9.17, 15) is 9.59 Å². The highest BCUT2D eigenvalue weighted by molar-refractivity contribution is 7.99. The van der Waals surface area contributed by atoms with Gasteiger partial charge >= 0.3 is 5.97 Å². The van der Waals surface area contributed by atoms with Crippen LogP contribution in [0.5, 0.6) is 0 Å². The Morgan fingerprint density at radius 3 is 2.60 bits per heavy atom. The van der Waals surface area contributed by atoms with Gasteiger partial charge in [0.2, 0.25) is 0 Å². The highest BCUT2D eigenvalue weighted by atomic mass is 35.5. The summed E-state index contributed by atoms with van der Waals surface area (Å²) in [5, 5.41) is 0.578. The van der Waals surface area contributed by atoms with Crippen LogP contribution in [0, 0.1) is 0 Å². The fraction of sp³-hybridized carbons (Fsp3) is 0.222. The molecule has 0 unspecified atom stereocenters. The third-order valence-corrected chi connectivity index (χ3v) is 5.83. The summed E-state index contributed by atoms with van der Waals surface area (Å²) in [5.41, 5.74) is 1.21. The summed E-state index contributed by atoms with van der Waals surface area (Å²) in [6.07, 6.45) is 0. The van der Waals surface area contributed by atoms with Crippen LogP contribution in [-0.4, -0.2) is 35.7 Å². The average molecular weight is 396 g/mol. The molecule has 1 fully saturated rings. The number of ether oxygens (including phenoxy) is 1. The summed E-state index contributed by atoms with van der Waals surface area (Å²) in [6, 6.07) is 13.4. The lowest BCUT2D eigenvalue weighted by Gasteiger charge is -2.28. The molecule has 0 N–H and O–H groups in total. The van der Waals surface area contributed by atoms with E-state index in [-0.39, 0.29) is 11.3 Å². The van der Waals surface area contributed by atoms with Gasteiger partial charge in [0.15, 0.2) is 0 Å². The van der Waals surface area contributed by atoms with Gasteiger partial charge in [0.05, 0.1) is 17.7 Å². The van der Waals surface area contributed by atoms with Crippen molar-refractivity contribution in [2.75, 3.05) is 12.9 Å². The van der Waals surface area contributed by atoms with Gasteiger partial charge in [-0.05, 0) is 29.8 Å². The Morgan fingerprint density at radius 1 is 1.16 bits per heavy atom. The summed E-state index contributed by atoms with van der Waals surface area (Å²) in [6.45, 7) is 0. The molecule has 0 saturated carbocycles. The number of benzene rings is 2. The Morgan fingerprint density at radius 2 is 1.92 bits per heavy atom. The van der Waals surface area contributed by atoms with E-state index in [4.69, 9.17) is 27.9 Å². The Balaban J connectivity index is 2.03. The SMILES string of the molecule is COC(=O)[C@@H]1CS[C@@H](c2cccc(Cl)c2)N1C(=O)c1ccccc1Cl. The molecule has 1 aliphatic rings. The molecular weight excluding hydrogens is 381 g/mol. The largest absolute Gasteiger partial charge is 0.467 e. The van der Waals surface area contributed by atoms with Gasteiger partial charge in [0.1, 0.15) is 11.4 Å². The van der Waals surface area contributed by atoms with Gasteiger partial charge in [0, 0.05) is 10.8 Å². The summed E-state index contributed by atoms with van der Waals surface area (Å²) >= 11 is 13.8. The van der Waals surface area contributed by atoms with E-state index in [1.165, 1.54) is 23.8 Å². The van der Waals surface area contributed by atoms with Crippen molar-refractivity contribution < 1.29 is 14.3 Å². The number of rotatable bonds is 3. The number of amides is 1. The van der Waals surface area contributed by atoms with Crippen LogP contribution in [-0.2, 0) is 9.53 Å². The van der Waals surface area contributed by atoms with E-state index in [0.29, 0.717) is 21.4 Å². The summed E-state index contributed by atoms with van der Waals surface area (Å²) in [5.74, 6) is -0.312. The fourth-order valence-corrected chi connectivity index (χ4v) is 4.58. The van der Waals surface area contributed by atoms with Gasteiger partial charge in [-0.3, -0.25) is 4.79 Å². The zero-order valence-electron chi connectivity index (χ0n) is 13.3. The highest BCUT2D eigenvalue weighted by Gasteiger charge is 2.43. The molecule has 0 bridgehead atoms. The summed E-state index contributed by atoms with van der Waals surface area (Å²) < 4.78 is 4.88. The molecule has 4 nitrogen and oxygen atoms in total. The molecule has 0 radical (unpaired) electrons. The number of nitrogens with zero attached hydrogens (tertiary/aromatic N) is 1. The number of halogens is 2. The van der Waals surface area contributed by atoms with Crippen LogP contribution in [0.15, 0.2) is 48.5 Å². The van der Waals surface area contributed by atoms with Crippen molar-refractivity contribution >= 4 is 46.8 Å². The molecule has 130 valence electrons. The molecule has 1 saturated heterocycles. The predicted octanol–water partition coefficient (Wildman–Crippen LogP) is 4.42. The summed E-state index contributed by atoms with van der Waals surface area (Å²) in [7, 11) is 1.32. The molecule has 1 amide bonds. The first-order valence-electron chi connectivity index (χ1n) is 7.55. The molecule has 2 atom stereocenters. The third kappa shape index (κ3) is 3.64.